The molecule has 0 atom stereocenters. The minimum absolute atomic E-state index is 0.0257. The molecular formula is C24H16N8O2. The van der Waals surface area contributed by atoms with Gasteiger partial charge >= 0.3 is 0 Å². The Bertz CT molecular complexity index is 1590. The maximum atomic E-state index is 11.0. The van der Waals surface area contributed by atoms with Gasteiger partial charge in [0, 0.05) is 23.1 Å². The molecular weight excluding hydrogens is 432 g/mol. The van der Waals surface area contributed by atoms with E-state index in [0.717, 1.165) is 16.5 Å². The molecule has 0 unspecified atom stereocenters. The fourth-order valence-corrected chi connectivity index (χ4v) is 3.62. The fraction of sp³-hybridized carbons (Fsp3) is 0.0417. The molecule has 3 heterocycles. The van der Waals surface area contributed by atoms with E-state index in [1.54, 1.807) is 28.9 Å². The molecule has 34 heavy (non-hydrogen) atoms. The Morgan fingerprint density at radius 1 is 1.06 bits per heavy atom. The van der Waals surface area contributed by atoms with Crippen molar-refractivity contribution in [3.05, 3.63) is 94.2 Å². The standard InChI is InChI=1S/C24H16N8O2/c1-15-11-23(27-21-8-3-2-7-19(15)21)31-24(17(13-25)14-26-31)28-22-10-9-20(29-30-22)16-5-4-6-18(12-16)32(33)34/h2-12,14H,1H3,(H,28,30). The van der Waals surface area contributed by atoms with Crippen LogP contribution in [0.15, 0.2) is 72.9 Å². The SMILES string of the molecule is Cc1cc(-n2ncc(C#N)c2Nc2ccc(-c3cccc([N+](=O)[O-])c3)nn2)nc2ccccc12. The molecule has 0 radical (unpaired) electrons. The van der Waals surface area contributed by atoms with Crippen LogP contribution in [0.25, 0.3) is 28.0 Å². The molecule has 0 aliphatic rings. The topological polar surface area (TPSA) is 135 Å². The van der Waals surface area contributed by atoms with Crippen LogP contribution in [0.2, 0.25) is 0 Å². The second-order valence-corrected chi connectivity index (χ2v) is 7.48. The lowest BCUT2D eigenvalue weighted by Crippen LogP contribution is -2.07. The number of aryl methyl sites for hydroxylation is 1. The summed E-state index contributed by atoms with van der Waals surface area (Å²) in [5, 5.41) is 37.5. The predicted octanol–water partition coefficient (Wildman–Crippen LogP) is 4.71. The number of aromatic nitrogens is 5. The van der Waals surface area contributed by atoms with Gasteiger partial charge in [-0.25, -0.2) is 4.98 Å². The second kappa shape index (κ2) is 8.40. The molecule has 0 saturated carbocycles. The van der Waals surface area contributed by atoms with E-state index in [0.29, 0.717) is 34.3 Å². The third-order valence-corrected chi connectivity index (χ3v) is 5.28. The summed E-state index contributed by atoms with van der Waals surface area (Å²) >= 11 is 0. The highest BCUT2D eigenvalue weighted by Crippen LogP contribution is 2.26. The number of nitrogens with one attached hydrogen (secondary N) is 1. The Labute approximate surface area is 193 Å². The van der Waals surface area contributed by atoms with Crippen LogP contribution in [-0.2, 0) is 0 Å². The molecule has 3 aromatic heterocycles. The number of nitro groups is 1. The normalized spacial score (nSPS) is 10.7. The number of benzene rings is 2. The highest BCUT2D eigenvalue weighted by molar-refractivity contribution is 5.83. The van der Waals surface area contributed by atoms with Gasteiger partial charge in [-0.05, 0) is 36.8 Å². The van der Waals surface area contributed by atoms with Crippen LogP contribution in [0.1, 0.15) is 11.1 Å². The Morgan fingerprint density at radius 3 is 2.68 bits per heavy atom. The Balaban J connectivity index is 1.49. The van der Waals surface area contributed by atoms with E-state index < -0.39 is 4.92 Å². The Kier molecular flexibility index (Phi) is 5.12. The molecule has 0 amide bonds. The Hall–Kier alpha value is -5.17. The first kappa shape index (κ1) is 20.7. The number of nitro benzene ring substituents is 1. The number of rotatable bonds is 5. The summed E-state index contributed by atoms with van der Waals surface area (Å²) in [6, 6.07) is 21.4. The first-order chi connectivity index (χ1) is 16.5. The average Bonchev–Trinajstić information content (AvgIpc) is 3.27. The molecule has 5 aromatic rings. The molecule has 5 rings (SSSR count). The number of hydrogen-bond acceptors (Lipinski definition) is 8. The maximum Gasteiger partial charge on any atom is 0.270 e. The molecule has 0 aliphatic carbocycles. The molecule has 10 heteroatoms. The lowest BCUT2D eigenvalue weighted by Gasteiger charge is -2.11. The summed E-state index contributed by atoms with van der Waals surface area (Å²) in [5.41, 5.74) is 3.20. The number of hydrogen-bond donors (Lipinski definition) is 1. The number of para-hydroxylation sites is 1. The minimum Gasteiger partial charge on any atom is -0.322 e. The molecule has 1 N–H and O–H groups in total. The van der Waals surface area contributed by atoms with Crippen LogP contribution < -0.4 is 5.32 Å². The molecule has 10 nitrogen and oxygen atoms in total. The van der Waals surface area contributed by atoms with Gasteiger partial charge in [-0.1, -0.05) is 30.3 Å². The smallest absolute Gasteiger partial charge is 0.270 e. The molecule has 0 spiro atoms. The highest BCUT2D eigenvalue weighted by atomic mass is 16.6. The summed E-state index contributed by atoms with van der Waals surface area (Å²) in [6.07, 6.45) is 1.46. The van der Waals surface area contributed by atoms with Crippen molar-refractivity contribution in [3.8, 4) is 23.1 Å². The van der Waals surface area contributed by atoms with Crippen molar-refractivity contribution >= 4 is 28.2 Å². The number of nitrogens with zero attached hydrogens (tertiary/aromatic N) is 7. The molecule has 2 aromatic carbocycles. The lowest BCUT2D eigenvalue weighted by atomic mass is 10.1. The average molecular weight is 448 g/mol. The summed E-state index contributed by atoms with van der Waals surface area (Å²) < 4.78 is 1.55. The van der Waals surface area contributed by atoms with Crippen molar-refractivity contribution in [1.82, 2.24) is 25.0 Å². The zero-order valence-corrected chi connectivity index (χ0v) is 17.9. The summed E-state index contributed by atoms with van der Waals surface area (Å²) in [4.78, 5) is 15.3. The first-order valence-electron chi connectivity index (χ1n) is 10.2. The molecule has 0 saturated heterocycles. The van der Waals surface area contributed by atoms with E-state index in [2.05, 4.69) is 26.7 Å². The number of non-ortho nitro benzene ring substituents is 1. The Morgan fingerprint density at radius 2 is 1.91 bits per heavy atom. The predicted molar refractivity (Wildman–Crippen MR) is 126 cm³/mol. The van der Waals surface area contributed by atoms with Crippen LogP contribution in [-0.4, -0.2) is 29.9 Å². The van der Waals surface area contributed by atoms with Crippen LogP contribution in [0.5, 0.6) is 0 Å². The largest absolute Gasteiger partial charge is 0.322 e. The van der Waals surface area contributed by atoms with Crippen molar-refractivity contribution in [2.24, 2.45) is 0 Å². The molecule has 0 fully saturated rings. The quantitative estimate of drug-likeness (QED) is 0.302. The zero-order chi connectivity index (χ0) is 23.7. The highest BCUT2D eigenvalue weighted by Gasteiger charge is 2.16. The van der Waals surface area contributed by atoms with Crippen molar-refractivity contribution in [1.29, 1.82) is 5.26 Å². The van der Waals surface area contributed by atoms with Crippen LogP contribution in [0.3, 0.4) is 0 Å². The van der Waals surface area contributed by atoms with E-state index >= 15 is 0 Å². The first-order valence-corrected chi connectivity index (χ1v) is 10.2. The van der Waals surface area contributed by atoms with Gasteiger partial charge in [0.1, 0.15) is 11.6 Å². The van der Waals surface area contributed by atoms with Crippen LogP contribution >= 0.6 is 0 Å². The summed E-state index contributed by atoms with van der Waals surface area (Å²) in [7, 11) is 0. The molecule has 0 aliphatic heterocycles. The van der Waals surface area contributed by atoms with Crippen LogP contribution in [0, 0.1) is 28.4 Å². The monoisotopic (exact) mass is 448 g/mol. The molecule has 164 valence electrons. The minimum atomic E-state index is -0.458. The van der Waals surface area contributed by atoms with E-state index in [-0.39, 0.29) is 5.69 Å². The van der Waals surface area contributed by atoms with E-state index in [4.69, 9.17) is 4.98 Å². The zero-order valence-electron chi connectivity index (χ0n) is 17.9. The van der Waals surface area contributed by atoms with E-state index in [9.17, 15) is 15.4 Å². The van der Waals surface area contributed by atoms with Crippen molar-refractivity contribution in [2.45, 2.75) is 6.92 Å². The van der Waals surface area contributed by atoms with E-state index in [1.807, 2.05) is 37.3 Å². The molecule has 0 bridgehead atoms. The van der Waals surface area contributed by atoms with Gasteiger partial charge < -0.3 is 5.32 Å². The van der Waals surface area contributed by atoms with Crippen molar-refractivity contribution < 1.29 is 4.92 Å². The summed E-state index contributed by atoms with van der Waals surface area (Å²) in [6.45, 7) is 1.99. The van der Waals surface area contributed by atoms with Crippen molar-refractivity contribution in [2.75, 3.05) is 5.32 Å². The van der Waals surface area contributed by atoms with Crippen molar-refractivity contribution in [3.63, 3.8) is 0 Å². The van der Waals surface area contributed by atoms with Gasteiger partial charge in [0.05, 0.1) is 22.3 Å². The number of anilines is 2. The second-order valence-electron chi connectivity index (χ2n) is 7.48. The van der Waals surface area contributed by atoms with Gasteiger partial charge in [-0.15, -0.1) is 10.2 Å². The van der Waals surface area contributed by atoms with Gasteiger partial charge in [-0.3, -0.25) is 10.1 Å². The number of pyridine rings is 1. The number of nitriles is 1. The van der Waals surface area contributed by atoms with Gasteiger partial charge in [0.15, 0.2) is 17.5 Å². The number of fused-ring (bicyclic) bond motifs is 1. The van der Waals surface area contributed by atoms with Gasteiger partial charge in [-0.2, -0.15) is 15.0 Å². The third-order valence-electron chi connectivity index (χ3n) is 5.28. The maximum absolute atomic E-state index is 11.0. The van der Waals surface area contributed by atoms with Gasteiger partial charge in [0.25, 0.3) is 5.69 Å². The fourth-order valence-electron chi connectivity index (χ4n) is 3.62. The van der Waals surface area contributed by atoms with Crippen LogP contribution in [0.4, 0.5) is 17.3 Å². The summed E-state index contributed by atoms with van der Waals surface area (Å²) in [5.74, 6) is 1.34. The van der Waals surface area contributed by atoms with E-state index in [1.165, 1.54) is 18.3 Å². The third kappa shape index (κ3) is 3.78. The van der Waals surface area contributed by atoms with Gasteiger partial charge in [0.2, 0.25) is 0 Å². The lowest BCUT2D eigenvalue weighted by molar-refractivity contribution is -0.384.